The SMILES string of the molecule is COc1ccc(Cl)cc1CC(=O)NCC(=O)N[C@@H](CC(C)C)C(=O)O. The number of nitrogens with one attached hydrogen (secondary N) is 2. The van der Waals surface area contributed by atoms with Gasteiger partial charge in [-0.05, 0) is 30.5 Å². The van der Waals surface area contributed by atoms with Crippen molar-refractivity contribution in [2.45, 2.75) is 32.7 Å². The van der Waals surface area contributed by atoms with Gasteiger partial charge in [0.15, 0.2) is 0 Å². The number of rotatable bonds is 9. The van der Waals surface area contributed by atoms with Crippen LogP contribution in [0, 0.1) is 5.92 Å². The first-order chi connectivity index (χ1) is 11.7. The average Bonchev–Trinajstić information content (AvgIpc) is 2.52. The van der Waals surface area contributed by atoms with Gasteiger partial charge in [0.1, 0.15) is 11.8 Å². The molecule has 0 aliphatic rings. The van der Waals surface area contributed by atoms with E-state index in [1.807, 2.05) is 13.8 Å². The number of carbonyl (C=O) groups is 3. The predicted octanol–water partition coefficient (Wildman–Crippen LogP) is 1.62. The van der Waals surface area contributed by atoms with Gasteiger partial charge in [-0.15, -0.1) is 0 Å². The van der Waals surface area contributed by atoms with E-state index in [1.54, 1.807) is 18.2 Å². The molecule has 8 heteroatoms. The van der Waals surface area contributed by atoms with Crippen molar-refractivity contribution in [3.8, 4) is 5.75 Å². The molecule has 0 aliphatic carbocycles. The number of amides is 2. The van der Waals surface area contributed by atoms with Crippen LogP contribution in [0.15, 0.2) is 18.2 Å². The summed E-state index contributed by atoms with van der Waals surface area (Å²) in [5.41, 5.74) is 0.594. The third-order valence-corrected chi connectivity index (χ3v) is 3.62. The van der Waals surface area contributed by atoms with E-state index in [-0.39, 0.29) is 18.9 Å². The summed E-state index contributed by atoms with van der Waals surface area (Å²) in [4.78, 5) is 35.0. The number of benzene rings is 1. The van der Waals surface area contributed by atoms with Gasteiger partial charge in [-0.2, -0.15) is 0 Å². The van der Waals surface area contributed by atoms with E-state index in [0.29, 0.717) is 22.8 Å². The minimum Gasteiger partial charge on any atom is -0.496 e. The molecule has 1 rings (SSSR count). The highest BCUT2D eigenvalue weighted by atomic mass is 35.5. The third-order valence-electron chi connectivity index (χ3n) is 3.38. The molecule has 0 spiro atoms. The van der Waals surface area contributed by atoms with Gasteiger partial charge in [-0.25, -0.2) is 4.79 Å². The van der Waals surface area contributed by atoms with E-state index < -0.39 is 23.8 Å². The lowest BCUT2D eigenvalue weighted by Crippen LogP contribution is -2.46. The van der Waals surface area contributed by atoms with Crippen LogP contribution in [0.5, 0.6) is 5.75 Å². The molecule has 0 saturated carbocycles. The monoisotopic (exact) mass is 370 g/mol. The quantitative estimate of drug-likeness (QED) is 0.612. The van der Waals surface area contributed by atoms with Crippen molar-refractivity contribution < 1.29 is 24.2 Å². The lowest BCUT2D eigenvalue weighted by molar-refractivity contribution is -0.142. The number of methoxy groups -OCH3 is 1. The van der Waals surface area contributed by atoms with Crippen molar-refractivity contribution in [1.82, 2.24) is 10.6 Å². The Morgan fingerprint density at radius 3 is 2.48 bits per heavy atom. The van der Waals surface area contributed by atoms with Crippen LogP contribution >= 0.6 is 11.6 Å². The van der Waals surface area contributed by atoms with Gasteiger partial charge in [-0.3, -0.25) is 9.59 Å². The number of carbonyl (C=O) groups excluding carboxylic acids is 2. The number of halogens is 1. The van der Waals surface area contributed by atoms with Crippen molar-refractivity contribution in [2.75, 3.05) is 13.7 Å². The number of carboxylic acids is 1. The summed E-state index contributed by atoms with van der Waals surface area (Å²) in [6.45, 7) is 3.42. The Morgan fingerprint density at radius 1 is 1.24 bits per heavy atom. The van der Waals surface area contributed by atoms with Crippen LogP contribution in [0.4, 0.5) is 0 Å². The Bertz CT molecular complexity index is 633. The van der Waals surface area contributed by atoms with Crippen molar-refractivity contribution in [1.29, 1.82) is 0 Å². The highest BCUT2D eigenvalue weighted by molar-refractivity contribution is 6.30. The van der Waals surface area contributed by atoms with Crippen LogP contribution in [-0.2, 0) is 20.8 Å². The second kappa shape index (κ2) is 9.88. The van der Waals surface area contributed by atoms with E-state index in [4.69, 9.17) is 21.4 Å². The zero-order chi connectivity index (χ0) is 19.0. The first-order valence-electron chi connectivity index (χ1n) is 7.84. The summed E-state index contributed by atoms with van der Waals surface area (Å²) in [7, 11) is 1.48. The molecule has 0 radical (unpaired) electrons. The number of hydrogen-bond donors (Lipinski definition) is 3. The normalized spacial score (nSPS) is 11.7. The highest BCUT2D eigenvalue weighted by Crippen LogP contribution is 2.22. The smallest absolute Gasteiger partial charge is 0.326 e. The summed E-state index contributed by atoms with van der Waals surface area (Å²) in [6, 6.07) is 3.94. The molecule has 1 aromatic carbocycles. The van der Waals surface area contributed by atoms with Gasteiger partial charge in [0.05, 0.1) is 20.1 Å². The van der Waals surface area contributed by atoms with Crippen LogP contribution in [0.2, 0.25) is 5.02 Å². The largest absolute Gasteiger partial charge is 0.496 e. The molecular formula is C17H23ClN2O5. The lowest BCUT2D eigenvalue weighted by atomic mass is 10.0. The van der Waals surface area contributed by atoms with Crippen molar-refractivity contribution in [3.05, 3.63) is 28.8 Å². The third kappa shape index (κ3) is 7.43. The maximum Gasteiger partial charge on any atom is 0.326 e. The highest BCUT2D eigenvalue weighted by Gasteiger charge is 2.21. The molecule has 0 fully saturated rings. The summed E-state index contributed by atoms with van der Waals surface area (Å²) < 4.78 is 5.16. The number of hydrogen-bond acceptors (Lipinski definition) is 4. The Balaban J connectivity index is 2.54. The Labute approximate surface area is 151 Å². The maximum atomic E-state index is 12.0. The molecule has 7 nitrogen and oxygen atoms in total. The number of ether oxygens (including phenoxy) is 1. The zero-order valence-corrected chi connectivity index (χ0v) is 15.2. The van der Waals surface area contributed by atoms with Gasteiger partial charge >= 0.3 is 5.97 Å². The van der Waals surface area contributed by atoms with E-state index in [1.165, 1.54) is 7.11 Å². The maximum absolute atomic E-state index is 12.0. The van der Waals surface area contributed by atoms with Crippen molar-refractivity contribution >= 4 is 29.4 Å². The molecule has 0 bridgehead atoms. The summed E-state index contributed by atoms with van der Waals surface area (Å²) in [6.07, 6.45) is 0.306. The lowest BCUT2D eigenvalue weighted by Gasteiger charge is -2.16. The van der Waals surface area contributed by atoms with Gasteiger partial charge < -0.3 is 20.5 Å². The van der Waals surface area contributed by atoms with Crippen LogP contribution < -0.4 is 15.4 Å². The second-order valence-corrected chi connectivity index (χ2v) is 6.43. The number of aliphatic carboxylic acids is 1. The molecule has 3 N–H and O–H groups in total. The van der Waals surface area contributed by atoms with Crippen LogP contribution in [0.25, 0.3) is 0 Å². The zero-order valence-electron chi connectivity index (χ0n) is 14.5. The Morgan fingerprint density at radius 2 is 1.92 bits per heavy atom. The van der Waals surface area contributed by atoms with Gasteiger partial charge in [0.25, 0.3) is 0 Å². The summed E-state index contributed by atoms with van der Waals surface area (Å²) in [5, 5.41) is 14.4. The van der Waals surface area contributed by atoms with Crippen molar-refractivity contribution in [2.24, 2.45) is 5.92 Å². The van der Waals surface area contributed by atoms with Gasteiger partial charge in [0, 0.05) is 10.6 Å². The summed E-state index contributed by atoms with van der Waals surface area (Å²) >= 11 is 5.91. The Kier molecular flexibility index (Phi) is 8.21. The number of carboxylic acid groups (broad SMARTS) is 1. The molecular weight excluding hydrogens is 348 g/mol. The molecule has 0 unspecified atom stereocenters. The molecule has 138 valence electrons. The fourth-order valence-corrected chi connectivity index (χ4v) is 2.43. The van der Waals surface area contributed by atoms with Gasteiger partial charge in [-0.1, -0.05) is 25.4 Å². The fraction of sp³-hybridized carbons (Fsp3) is 0.471. The molecule has 1 aromatic rings. The predicted molar refractivity (Wildman–Crippen MR) is 93.7 cm³/mol. The van der Waals surface area contributed by atoms with E-state index >= 15 is 0 Å². The molecule has 0 saturated heterocycles. The van der Waals surface area contributed by atoms with E-state index in [0.717, 1.165) is 0 Å². The summed E-state index contributed by atoms with van der Waals surface area (Å²) in [5.74, 6) is -1.42. The van der Waals surface area contributed by atoms with Crippen molar-refractivity contribution in [3.63, 3.8) is 0 Å². The van der Waals surface area contributed by atoms with Crippen LogP contribution in [0.3, 0.4) is 0 Å². The minimum absolute atomic E-state index is 0.00856. The minimum atomic E-state index is -1.10. The van der Waals surface area contributed by atoms with E-state index in [9.17, 15) is 14.4 Å². The molecule has 0 aliphatic heterocycles. The molecule has 2 amide bonds. The first kappa shape index (κ1) is 20.8. The Hall–Kier alpha value is -2.28. The van der Waals surface area contributed by atoms with E-state index in [2.05, 4.69) is 10.6 Å². The fourth-order valence-electron chi connectivity index (χ4n) is 2.24. The molecule has 0 heterocycles. The average molecular weight is 371 g/mol. The van der Waals surface area contributed by atoms with Gasteiger partial charge in [0.2, 0.25) is 11.8 Å². The molecule has 0 aromatic heterocycles. The second-order valence-electron chi connectivity index (χ2n) is 6.00. The molecule has 25 heavy (non-hydrogen) atoms. The topological polar surface area (TPSA) is 105 Å². The van der Waals surface area contributed by atoms with Crippen LogP contribution in [0.1, 0.15) is 25.8 Å². The standard InChI is InChI=1S/C17H23ClN2O5/c1-10(2)6-13(17(23)24)20-16(22)9-19-15(21)8-11-7-12(18)4-5-14(11)25-3/h4-5,7,10,13H,6,8-9H2,1-3H3,(H,19,21)(H,20,22)(H,23,24)/t13-/m0/s1. The molecule has 1 atom stereocenters. The van der Waals surface area contributed by atoms with Crippen LogP contribution in [-0.4, -0.2) is 42.6 Å². The first-order valence-corrected chi connectivity index (χ1v) is 8.22.